The van der Waals surface area contributed by atoms with E-state index in [1.54, 1.807) is 10.6 Å². The number of aromatic nitrogens is 1. The highest BCUT2D eigenvalue weighted by atomic mass is 35.5. The molecule has 0 aliphatic rings. The third kappa shape index (κ3) is 3.97. The molecule has 0 unspecified atom stereocenters. The van der Waals surface area contributed by atoms with Crippen LogP contribution in [0.3, 0.4) is 0 Å². The Morgan fingerprint density at radius 2 is 1.74 bits per heavy atom. The Kier molecular flexibility index (Phi) is 4.80. The monoisotopic (exact) mass is 275 g/mol. The van der Waals surface area contributed by atoms with Gasteiger partial charge in [-0.3, -0.25) is 4.79 Å². The summed E-state index contributed by atoms with van der Waals surface area (Å²) in [7, 11) is 0. The van der Waals surface area contributed by atoms with Gasteiger partial charge in [-0.2, -0.15) is 0 Å². The summed E-state index contributed by atoms with van der Waals surface area (Å²) < 4.78 is 1.76. The van der Waals surface area contributed by atoms with E-state index in [0.717, 1.165) is 24.8 Å². The zero-order chi connectivity index (χ0) is 13.7. The molecule has 3 heteroatoms. The number of nitrogens with zero attached hydrogens (tertiary/aromatic N) is 1. The minimum Gasteiger partial charge on any atom is -0.311 e. The van der Waals surface area contributed by atoms with Gasteiger partial charge in [-0.1, -0.05) is 43.1 Å². The van der Waals surface area contributed by atoms with Crippen LogP contribution in [-0.2, 0) is 13.0 Å². The molecule has 0 radical (unpaired) electrons. The molecule has 0 aliphatic carbocycles. The number of aryl methyl sites for hydroxylation is 1. The van der Waals surface area contributed by atoms with Crippen molar-refractivity contribution in [2.75, 3.05) is 0 Å². The highest BCUT2D eigenvalue weighted by molar-refractivity contribution is 6.30. The first kappa shape index (κ1) is 13.9. The van der Waals surface area contributed by atoms with Crippen LogP contribution in [0.5, 0.6) is 0 Å². The molecular formula is C16H18ClNO. The van der Waals surface area contributed by atoms with Gasteiger partial charge in [-0.05, 0) is 36.1 Å². The van der Waals surface area contributed by atoms with Crippen LogP contribution in [0.15, 0.2) is 47.4 Å². The molecule has 0 aliphatic heterocycles. The van der Waals surface area contributed by atoms with E-state index in [9.17, 15) is 4.79 Å². The number of pyridine rings is 1. The SMILES string of the molecule is CCCCc1ccc(=O)n(Cc2ccc(Cl)cc2)c1. The second kappa shape index (κ2) is 6.58. The zero-order valence-corrected chi connectivity index (χ0v) is 11.9. The van der Waals surface area contributed by atoms with Crippen LogP contribution < -0.4 is 5.56 Å². The number of benzene rings is 1. The first-order chi connectivity index (χ1) is 9.19. The molecule has 2 rings (SSSR count). The van der Waals surface area contributed by atoms with Crippen molar-refractivity contribution in [3.05, 3.63) is 69.1 Å². The molecule has 1 heterocycles. The van der Waals surface area contributed by atoms with E-state index in [0.29, 0.717) is 11.6 Å². The minimum atomic E-state index is 0.0372. The Balaban J connectivity index is 2.18. The molecule has 1 aromatic heterocycles. The molecule has 2 aromatic rings. The number of hydrogen-bond acceptors (Lipinski definition) is 1. The second-order valence-corrected chi connectivity index (χ2v) is 5.17. The van der Waals surface area contributed by atoms with E-state index in [2.05, 4.69) is 6.92 Å². The Morgan fingerprint density at radius 1 is 1.05 bits per heavy atom. The lowest BCUT2D eigenvalue weighted by Gasteiger charge is -2.08. The van der Waals surface area contributed by atoms with Crippen LogP contribution in [0.1, 0.15) is 30.9 Å². The summed E-state index contributed by atoms with van der Waals surface area (Å²) in [6.45, 7) is 2.76. The van der Waals surface area contributed by atoms with Crippen molar-refractivity contribution in [2.45, 2.75) is 32.7 Å². The Labute approximate surface area is 118 Å². The molecule has 0 saturated heterocycles. The topological polar surface area (TPSA) is 22.0 Å². The number of rotatable bonds is 5. The van der Waals surface area contributed by atoms with Crippen LogP contribution in [0, 0.1) is 0 Å². The standard InChI is InChI=1S/C16H18ClNO/c1-2-3-4-13-7-10-16(19)18(11-13)12-14-5-8-15(17)9-6-14/h5-11H,2-4,12H2,1H3. The van der Waals surface area contributed by atoms with Gasteiger partial charge in [-0.15, -0.1) is 0 Å². The van der Waals surface area contributed by atoms with Crippen molar-refractivity contribution >= 4 is 11.6 Å². The molecule has 0 bridgehead atoms. The minimum absolute atomic E-state index is 0.0372. The molecule has 0 N–H and O–H groups in total. The van der Waals surface area contributed by atoms with Crippen molar-refractivity contribution in [2.24, 2.45) is 0 Å². The fourth-order valence-corrected chi connectivity index (χ4v) is 2.15. The van der Waals surface area contributed by atoms with Gasteiger partial charge in [0.15, 0.2) is 0 Å². The van der Waals surface area contributed by atoms with Crippen LogP contribution in [0.2, 0.25) is 5.02 Å². The fraction of sp³-hybridized carbons (Fsp3) is 0.312. The third-order valence-corrected chi connectivity index (χ3v) is 3.38. The van der Waals surface area contributed by atoms with Gasteiger partial charge in [0.2, 0.25) is 0 Å². The van der Waals surface area contributed by atoms with Gasteiger partial charge >= 0.3 is 0 Å². The Hall–Kier alpha value is -1.54. The smallest absolute Gasteiger partial charge is 0.250 e. The molecule has 0 fully saturated rings. The summed E-state index contributed by atoms with van der Waals surface area (Å²) in [4.78, 5) is 11.9. The Morgan fingerprint density at radius 3 is 2.42 bits per heavy atom. The quantitative estimate of drug-likeness (QED) is 0.811. The average Bonchev–Trinajstić information content (AvgIpc) is 2.42. The van der Waals surface area contributed by atoms with Crippen molar-refractivity contribution in [1.29, 1.82) is 0 Å². The molecule has 0 saturated carbocycles. The van der Waals surface area contributed by atoms with E-state index >= 15 is 0 Å². The number of hydrogen-bond donors (Lipinski definition) is 0. The van der Waals surface area contributed by atoms with Crippen molar-refractivity contribution in [3.8, 4) is 0 Å². The number of unbranched alkanes of at least 4 members (excludes halogenated alkanes) is 1. The van der Waals surface area contributed by atoms with Crippen molar-refractivity contribution in [1.82, 2.24) is 4.57 Å². The van der Waals surface area contributed by atoms with Crippen LogP contribution in [0.25, 0.3) is 0 Å². The summed E-state index contributed by atoms with van der Waals surface area (Å²) in [5.41, 5.74) is 2.34. The molecule has 0 spiro atoms. The van der Waals surface area contributed by atoms with Gasteiger partial charge in [0.1, 0.15) is 0 Å². The highest BCUT2D eigenvalue weighted by Gasteiger charge is 2.00. The first-order valence-electron chi connectivity index (χ1n) is 6.63. The molecule has 0 atom stereocenters. The van der Waals surface area contributed by atoms with Gasteiger partial charge in [0, 0.05) is 17.3 Å². The maximum Gasteiger partial charge on any atom is 0.250 e. The first-order valence-corrected chi connectivity index (χ1v) is 7.00. The van der Waals surface area contributed by atoms with E-state index in [1.807, 2.05) is 36.5 Å². The summed E-state index contributed by atoms with van der Waals surface area (Å²) in [5, 5.41) is 0.716. The fourth-order valence-electron chi connectivity index (χ4n) is 2.02. The van der Waals surface area contributed by atoms with Crippen molar-refractivity contribution in [3.63, 3.8) is 0 Å². The van der Waals surface area contributed by atoms with E-state index in [1.165, 1.54) is 5.56 Å². The molecular weight excluding hydrogens is 258 g/mol. The van der Waals surface area contributed by atoms with Crippen LogP contribution >= 0.6 is 11.6 Å². The van der Waals surface area contributed by atoms with Gasteiger partial charge in [0.25, 0.3) is 5.56 Å². The molecule has 19 heavy (non-hydrogen) atoms. The molecule has 0 amide bonds. The predicted octanol–water partition coefficient (Wildman–Crippen LogP) is 3.89. The normalized spacial score (nSPS) is 10.6. The predicted molar refractivity (Wildman–Crippen MR) is 79.9 cm³/mol. The van der Waals surface area contributed by atoms with E-state index in [-0.39, 0.29) is 5.56 Å². The Bertz CT molecular complexity index is 586. The maximum absolute atomic E-state index is 11.9. The lowest BCUT2D eigenvalue weighted by Crippen LogP contribution is -2.19. The van der Waals surface area contributed by atoms with E-state index in [4.69, 9.17) is 11.6 Å². The lowest BCUT2D eigenvalue weighted by atomic mass is 10.1. The molecule has 1 aromatic carbocycles. The lowest BCUT2D eigenvalue weighted by molar-refractivity contribution is 0.730. The van der Waals surface area contributed by atoms with Gasteiger partial charge < -0.3 is 4.57 Å². The highest BCUT2D eigenvalue weighted by Crippen LogP contribution is 2.10. The average molecular weight is 276 g/mol. The molecule has 2 nitrogen and oxygen atoms in total. The number of halogens is 1. The largest absolute Gasteiger partial charge is 0.311 e. The van der Waals surface area contributed by atoms with Gasteiger partial charge in [-0.25, -0.2) is 0 Å². The zero-order valence-electron chi connectivity index (χ0n) is 11.1. The van der Waals surface area contributed by atoms with Crippen LogP contribution in [-0.4, -0.2) is 4.57 Å². The van der Waals surface area contributed by atoms with Crippen molar-refractivity contribution < 1.29 is 0 Å². The van der Waals surface area contributed by atoms with Crippen LogP contribution in [0.4, 0.5) is 0 Å². The summed E-state index contributed by atoms with van der Waals surface area (Å²) in [5.74, 6) is 0. The summed E-state index contributed by atoms with van der Waals surface area (Å²) >= 11 is 5.86. The van der Waals surface area contributed by atoms with Gasteiger partial charge in [0.05, 0.1) is 6.54 Å². The summed E-state index contributed by atoms with van der Waals surface area (Å²) in [6, 6.07) is 11.2. The third-order valence-electron chi connectivity index (χ3n) is 3.13. The molecule has 100 valence electrons. The van der Waals surface area contributed by atoms with E-state index < -0.39 is 0 Å². The second-order valence-electron chi connectivity index (χ2n) is 4.73. The maximum atomic E-state index is 11.9. The summed E-state index contributed by atoms with van der Waals surface area (Å²) in [6.07, 6.45) is 5.31.